The number of carbonyl (C=O) groups is 1. The van der Waals surface area contributed by atoms with E-state index in [0.29, 0.717) is 13.0 Å². The number of hydrogen-bond donors (Lipinski definition) is 0. The van der Waals surface area contributed by atoms with Gasteiger partial charge in [-0.2, -0.15) is 0 Å². The second-order valence-electron chi connectivity index (χ2n) is 6.01. The van der Waals surface area contributed by atoms with E-state index in [1.807, 2.05) is 0 Å². The van der Waals surface area contributed by atoms with Crippen LogP contribution in [0.25, 0.3) is 0 Å². The Morgan fingerprint density at radius 3 is 2.39 bits per heavy atom. The molecule has 1 saturated heterocycles. The van der Waals surface area contributed by atoms with Gasteiger partial charge in [-0.05, 0) is 31.1 Å². The van der Waals surface area contributed by atoms with Crippen molar-refractivity contribution in [2.24, 2.45) is 5.41 Å². The highest BCUT2D eigenvalue weighted by molar-refractivity contribution is 5.69. The highest BCUT2D eigenvalue weighted by Gasteiger charge is 2.18. The van der Waals surface area contributed by atoms with Gasteiger partial charge in [-0.25, -0.2) is 0 Å². The first kappa shape index (κ1) is 15.5. The highest BCUT2D eigenvalue weighted by Crippen LogP contribution is 2.25. The summed E-state index contributed by atoms with van der Waals surface area (Å²) in [5.41, 5.74) is 0.195. The average Bonchev–Trinajstić information content (AvgIpc) is 2.30. The topological polar surface area (TPSA) is 35.5 Å². The Labute approximate surface area is 111 Å². The fourth-order valence-corrected chi connectivity index (χ4v) is 2.09. The van der Waals surface area contributed by atoms with E-state index in [2.05, 4.69) is 13.8 Å². The molecular formula is C15H28O3. The number of cyclic esters (lactones) is 1. The molecule has 0 atom stereocenters. The van der Waals surface area contributed by atoms with Crippen LogP contribution < -0.4 is 0 Å². The molecule has 1 aliphatic rings. The third kappa shape index (κ3) is 7.70. The first-order chi connectivity index (χ1) is 8.60. The molecule has 0 amide bonds. The molecule has 0 bridgehead atoms. The smallest absolute Gasteiger partial charge is 0.305 e. The summed E-state index contributed by atoms with van der Waals surface area (Å²) in [6, 6.07) is 0. The van der Waals surface area contributed by atoms with Gasteiger partial charge >= 0.3 is 5.97 Å². The summed E-state index contributed by atoms with van der Waals surface area (Å²) in [4.78, 5) is 11.5. The highest BCUT2D eigenvalue weighted by atomic mass is 16.5. The molecule has 1 aliphatic heterocycles. The van der Waals surface area contributed by atoms with E-state index in [4.69, 9.17) is 9.47 Å². The Kier molecular flexibility index (Phi) is 7.33. The molecule has 0 aliphatic carbocycles. The molecule has 0 saturated carbocycles. The largest absolute Gasteiger partial charge is 0.466 e. The van der Waals surface area contributed by atoms with E-state index in [1.54, 1.807) is 0 Å². The molecule has 3 heteroatoms. The number of ether oxygens (including phenoxy) is 2. The van der Waals surface area contributed by atoms with Gasteiger partial charge in [0.05, 0.1) is 6.61 Å². The average molecular weight is 256 g/mol. The fraction of sp³-hybridized carbons (Fsp3) is 0.933. The molecule has 0 spiro atoms. The maximum absolute atomic E-state index is 11.5. The van der Waals surface area contributed by atoms with Crippen LogP contribution in [0.4, 0.5) is 0 Å². The van der Waals surface area contributed by atoms with Gasteiger partial charge in [0.2, 0.25) is 0 Å². The zero-order valence-corrected chi connectivity index (χ0v) is 12.0. The molecule has 1 heterocycles. The van der Waals surface area contributed by atoms with Crippen molar-refractivity contribution in [2.75, 3.05) is 19.8 Å². The predicted molar refractivity (Wildman–Crippen MR) is 72.5 cm³/mol. The van der Waals surface area contributed by atoms with Gasteiger partial charge in [-0.3, -0.25) is 4.79 Å². The zero-order valence-electron chi connectivity index (χ0n) is 12.0. The minimum Gasteiger partial charge on any atom is -0.466 e. The third-order valence-corrected chi connectivity index (χ3v) is 3.63. The van der Waals surface area contributed by atoms with E-state index in [-0.39, 0.29) is 11.4 Å². The molecule has 0 radical (unpaired) electrons. The first-order valence-corrected chi connectivity index (χ1v) is 7.33. The van der Waals surface area contributed by atoms with Crippen LogP contribution in [-0.2, 0) is 14.3 Å². The summed E-state index contributed by atoms with van der Waals surface area (Å²) in [6.07, 6.45) is 8.17. The van der Waals surface area contributed by atoms with Crippen LogP contribution in [0.1, 0.15) is 65.2 Å². The Bertz CT molecular complexity index is 236. The number of esters is 1. The minimum atomic E-state index is -0.0306. The van der Waals surface area contributed by atoms with Crippen molar-refractivity contribution in [3.05, 3.63) is 0 Å². The Morgan fingerprint density at radius 1 is 0.889 bits per heavy atom. The van der Waals surface area contributed by atoms with Crippen LogP contribution >= 0.6 is 0 Å². The predicted octanol–water partition coefficient (Wildman–Crippen LogP) is 3.71. The van der Waals surface area contributed by atoms with Crippen LogP contribution in [0, 0.1) is 5.41 Å². The molecule has 106 valence electrons. The van der Waals surface area contributed by atoms with E-state index in [1.165, 1.54) is 12.8 Å². The standard InChI is InChI=1S/C15H28O3/c1-15(2)9-12-17-11-7-5-3-4-6-8-14(16)18-13-10-15/h3-13H2,1-2H3. The second-order valence-corrected chi connectivity index (χ2v) is 6.01. The lowest BCUT2D eigenvalue weighted by molar-refractivity contribution is -0.144. The fourth-order valence-electron chi connectivity index (χ4n) is 2.09. The van der Waals surface area contributed by atoms with Crippen LogP contribution in [0.3, 0.4) is 0 Å². The zero-order chi connectivity index (χ0) is 13.3. The van der Waals surface area contributed by atoms with Gasteiger partial charge in [-0.1, -0.05) is 33.1 Å². The van der Waals surface area contributed by atoms with Gasteiger partial charge in [0.25, 0.3) is 0 Å². The second kappa shape index (κ2) is 8.52. The summed E-state index contributed by atoms with van der Waals surface area (Å²) in [5.74, 6) is -0.0306. The Morgan fingerprint density at radius 2 is 1.56 bits per heavy atom. The van der Waals surface area contributed by atoms with Crippen LogP contribution in [0.5, 0.6) is 0 Å². The Hall–Kier alpha value is -0.570. The summed E-state index contributed by atoms with van der Waals surface area (Å²) >= 11 is 0. The Balaban J connectivity index is 2.33. The van der Waals surface area contributed by atoms with Crippen molar-refractivity contribution in [1.29, 1.82) is 0 Å². The minimum absolute atomic E-state index is 0.0306. The normalized spacial score (nSPS) is 24.7. The van der Waals surface area contributed by atoms with Crippen molar-refractivity contribution in [1.82, 2.24) is 0 Å². The third-order valence-electron chi connectivity index (χ3n) is 3.63. The maximum Gasteiger partial charge on any atom is 0.305 e. The van der Waals surface area contributed by atoms with Crippen LogP contribution in [0.2, 0.25) is 0 Å². The molecule has 0 aromatic carbocycles. The molecule has 18 heavy (non-hydrogen) atoms. The quantitative estimate of drug-likeness (QED) is 0.620. The van der Waals surface area contributed by atoms with Crippen molar-refractivity contribution >= 4 is 5.97 Å². The van der Waals surface area contributed by atoms with Crippen molar-refractivity contribution in [2.45, 2.75) is 65.2 Å². The molecule has 0 aromatic rings. The lowest BCUT2D eigenvalue weighted by Crippen LogP contribution is -2.18. The van der Waals surface area contributed by atoms with E-state index < -0.39 is 0 Å². The number of carbonyl (C=O) groups excluding carboxylic acids is 1. The van der Waals surface area contributed by atoms with E-state index in [0.717, 1.165) is 45.3 Å². The summed E-state index contributed by atoms with van der Waals surface area (Å²) in [7, 11) is 0. The van der Waals surface area contributed by atoms with Crippen LogP contribution in [-0.4, -0.2) is 25.8 Å². The van der Waals surface area contributed by atoms with Crippen molar-refractivity contribution in [3.63, 3.8) is 0 Å². The van der Waals surface area contributed by atoms with Crippen LogP contribution in [0.15, 0.2) is 0 Å². The molecule has 3 nitrogen and oxygen atoms in total. The van der Waals surface area contributed by atoms with E-state index in [9.17, 15) is 4.79 Å². The molecule has 0 N–H and O–H groups in total. The molecular weight excluding hydrogens is 228 g/mol. The summed E-state index contributed by atoms with van der Waals surface area (Å²) in [5, 5.41) is 0. The van der Waals surface area contributed by atoms with Crippen molar-refractivity contribution in [3.8, 4) is 0 Å². The molecule has 1 rings (SSSR count). The van der Waals surface area contributed by atoms with Gasteiger partial charge in [0.15, 0.2) is 0 Å². The van der Waals surface area contributed by atoms with Crippen molar-refractivity contribution < 1.29 is 14.3 Å². The van der Waals surface area contributed by atoms with Gasteiger partial charge < -0.3 is 9.47 Å². The van der Waals surface area contributed by atoms with Gasteiger partial charge in [-0.15, -0.1) is 0 Å². The van der Waals surface area contributed by atoms with Gasteiger partial charge in [0.1, 0.15) is 0 Å². The molecule has 1 fully saturated rings. The van der Waals surface area contributed by atoms with E-state index >= 15 is 0 Å². The first-order valence-electron chi connectivity index (χ1n) is 7.33. The monoisotopic (exact) mass is 256 g/mol. The summed E-state index contributed by atoms with van der Waals surface area (Å²) in [6.45, 7) is 6.67. The number of hydrogen-bond acceptors (Lipinski definition) is 3. The SMILES string of the molecule is CC1(C)CCOCCCCCCCC(=O)OCC1. The summed E-state index contributed by atoms with van der Waals surface area (Å²) < 4.78 is 10.9. The van der Waals surface area contributed by atoms with Gasteiger partial charge in [0, 0.05) is 19.6 Å². The number of rotatable bonds is 0. The molecule has 0 aromatic heterocycles. The lowest BCUT2D eigenvalue weighted by Gasteiger charge is -2.24. The molecule has 0 unspecified atom stereocenters. The lowest BCUT2D eigenvalue weighted by atomic mass is 9.86. The maximum atomic E-state index is 11.5.